The van der Waals surface area contributed by atoms with Gasteiger partial charge < -0.3 is 16.8 Å². The van der Waals surface area contributed by atoms with Gasteiger partial charge in [-0.25, -0.2) is 9.97 Å². The molecule has 0 atom stereocenters. The molecular formula is C12H19N5O. The van der Waals surface area contributed by atoms with Gasteiger partial charge in [-0.05, 0) is 38.1 Å². The fourth-order valence-corrected chi connectivity index (χ4v) is 2.33. The number of nitrogens with zero attached hydrogens (tertiary/aromatic N) is 2. The third-order valence-electron chi connectivity index (χ3n) is 3.49. The minimum Gasteiger partial charge on any atom is -0.384 e. The summed E-state index contributed by atoms with van der Waals surface area (Å²) < 4.78 is 0. The summed E-state index contributed by atoms with van der Waals surface area (Å²) in [6.45, 7) is 0.719. The summed E-state index contributed by atoms with van der Waals surface area (Å²) >= 11 is 0. The molecule has 1 aliphatic carbocycles. The van der Waals surface area contributed by atoms with E-state index in [0.717, 1.165) is 32.2 Å². The molecule has 6 nitrogen and oxygen atoms in total. The number of hydrogen-bond acceptors (Lipinski definition) is 5. The second kappa shape index (κ2) is 5.77. The fraction of sp³-hybridized carbons (Fsp3) is 0.583. The van der Waals surface area contributed by atoms with Crippen LogP contribution in [0.15, 0.2) is 12.4 Å². The summed E-state index contributed by atoms with van der Waals surface area (Å²) in [4.78, 5) is 19.8. The zero-order valence-corrected chi connectivity index (χ0v) is 10.3. The molecule has 1 saturated carbocycles. The number of carbonyl (C=O) groups is 1. The zero-order valence-electron chi connectivity index (χ0n) is 10.3. The van der Waals surface area contributed by atoms with E-state index in [1.807, 2.05) is 0 Å². The Morgan fingerprint density at radius 3 is 2.67 bits per heavy atom. The van der Waals surface area contributed by atoms with Gasteiger partial charge in [-0.2, -0.15) is 0 Å². The van der Waals surface area contributed by atoms with E-state index < -0.39 is 0 Å². The van der Waals surface area contributed by atoms with Crippen molar-refractivity contribution < 1.29 is 4.79 Å². The quantitative estimate of drug-likeness (QED) is 0.733. The molecule has 0 bridgehead atoms. The smallest absolute Gasteiger partial charge is 0.228 e. The Morgan fingerprint density at radius 2 is 2.06 bits per heavy atom. The van der Waals surface area contributed by atoms with Gasteiger partial charge in [0.25, 0.3) is 0 Å². The van der Waals surface area contributed by atoms with Gasteiger partial charge in [-0.15, -0.1) is 0 Å². The van der Waals surface area contributed by atoms with E-state index >= 15 is 0 Å². The Bertz CT molecular complexity index is 415. The maximum Gasteiger partial charge on any atom is 0.228 e. The summed E-state index contributed by atoms with van der Waals surface area (Å²) in [6, 6.07) is 1.56. The van der Waals surface area contributed by atoms with Crippen molar-refractivity contribution in [3.05, 3.63) is 12.4 Å². The van der Waals surface area contributed by atoms with E-state index in [1.54, 1.807) is 6.07 Å². The Kier molecular flexibility index (Phi) is 4.09. The summed E-state index contributed by atoms with van der Waals surface area (Å²) in [7, 11) is 0. The van der Waals surface area contributed by atoms with Crippen molar-refractivity contribution in [1.29, 1.82) is 0 Å². The van der Waals surface area contributed by atoms with Gasteiger partial charge in [0.05, 0.1) is 0 Å². The molecule has 0 spiro atoms. The molecule has 0 aliphatic heterocycles. The van der Waals surface area contributed by atoms with Gasteiger partial charge in [-0.3, -0.25) is 4.79 Å². The summed E-state index contributed by atoms with van der Waals surface area (Å²) in [6.07, 6.45) is 5.19. The van der Waals surface area contributed by atoms with Crippen LogP contribution in [0.5, 0.6) is 0 Å². The predicted octanol–water partition coefficient (Wildman–Crippen LogP) is 0.762. The Morgan fingerprint density at radius 1 is 1.33 bits per heavy atom. The van der Waals surface area contributed by atoms with Crippen LogP contribution < -0.4 is 16.8 Å². The van der Waals surface area contributed by atoms with Crippen LogP contribution in [0.2, 0.25) is 0 Å². The number of amides is 1. The van der Waals surface area contributed by atoms with Gasteiger partial charge in [-0.1, -0.05) is 0 Å². The highest BCUT2D eigenvalue weighted by Crippen LogP contribution is 2.28. The average Bonchev–Trinajstić information content (AvgIpc) is 2.39. The van der Waals surface area contributed by atoms with Gasteiger partial charge in [0.2, 0.25) is 5.91 Å². The minimum absolute atomic E-state index is 0.0172. The van der Waals surface area contributed by atoms with Crippen LogP contribution in [0.25, 0.3) is 0 Å². The number of aromatic nitrogens is 2. The van der Waals surface area contributed by atoms with Crippen LogP contribution in [-0.4, -0.2) is 22.4 Å². The summed E-state index contributed by atoms with van der Waals surface area (Å²) in [5.41, 5.74) is 11.2. The number of nitrogens with two attached hydrogens (primary N) is 2. The lowest BCUT2D eigenvalue weighted by Gasteiger charge is -2.26. The number of carbonyl (C=O) groups excluding carboxylic acids is 1. The van der Waals surface area contributed by atoms with E-state index in [9.17, 15) is 4.79 Å². The van der Waals surface area contributed by atoms with E-state index in [0.29, 0.717) is 17.6 Å². The molecule has 18 heavy (non-hydrogen) atoms. The van der Waals surface area contributed by atoms with Crippen molar-refractivity contribution in [2.24, 2.45) is 17.6 Å². The summed E-state index contributed by atoms with van der Waals surface area (Å²) in [5, 5.41) is 2.78. The SMILES string of the molecule is NC[C@H]1CC[C@H](C(=O)Nc2cc(N)ncn2)CC1. The van der Waals surface area contributed by atoms with Crippen LogP contribution in [0, 0.1) is 11.8 Å². The van der Waals surface area contributed by atoms with Crippen molar-refractivity contribution in [3.8, 4) is 0 Å². The number of rotatable bonds is 3. The normalized spacial score (nSPS) is 23.6. The molecule has 1 aromatic heterocycles. The lowest BCUT2D eigenvalue weighted by Crippen LogP contribution is -2.29. The third-order valence-corrected chi connectivity index (χ3v) is 3.49. The van der Waals surface area contributed by atoms with Crippen molar-refractivity contribution in [1.82, 2.24) is 9.97 Å². The lowest BCUT2D eigenvalue weighted by atomic mass is 9.81. The maximum absolute atomic E-state index is 12.0. The number of nitrogen functional groups attached to an aromatic ring is 1. The average molecular weight is 249 g/mol. The number of nitrogens with one attached hydrogen (secondary N) is 1. The van der Waals surface area contributed by atoms with Crippen LogP contribution in [0.4, 0.5) is 11.6 Å². The minimum atomic E-state index is 0.0172. The van der Waals surface area contributed by atoms with Crippen LogP contribution in [-0.2, 0) is 4.79 Å². The Balaban J connectivity index is 1.89. The second-order valence-corrected chi connectivity index (χ2v) is 4.77. The highest BCUT2D eigenvalue weighted by atomic mass is 16.1. The van der Waals surface area contributed by atoms with E-state index in [4.69, 9.17) is 11.5 Å². The number of hydrogen-bond donors (Lipinski definition) is 3. The van der Waals surface area contributed by atoms with Crippen molar-refractivity contribution >= 4 is 17.5 Å². The molecule has 1 aromatic rings. The van der Waals surface area contributed by atoms with E-state index in [1.165, 1.54) is 6.33 Å². The molecule has 2 rings (SSSR count). The molecule has 0 unspecified atom stereocenters. The highest BCUT2D eigenvalue weighted by Gasteiger charge is 2.25. The molecule has 0 radical (unpaired) electrons. The Labute approximate surface area is 106 Å². The first-order valence-electron chi connectivity index (χ1n) is 6.27. The summed E-state index contributed by atoms with van der Waals surface area (Å²) in [5.74, 6) is 1.47. The van der Waals surface area contributed by atoms with E-state index in [-0.39, 0.29) is 11.8 Å². The maximum atomic E-state index is 12.0. The molecule has 5 N–H and O–H groups in total. The monoisotopic (exact) mass is 249 g/mol. The van der Waals surface area contributed by atoms with Crippen molar-refractivity contribution in [2.45, 2.75) is 25.7 Å². The largest absolute Gasteiger partial charge is 0.384 e. The fourth-order valence-electron chi connectivity index (χ4n) is 2.33. The lowest BCUT2D eigenvalue weighted by molar-refractivity contribution is -0.121. The standard InChI is InChI=1S/C12H19N5O/c13-6-8-1-3-9(4-2-8)12(18)17-11-5-10(14)15-7-16-11/h5,7-9H,1-4,6,13H2,(H3,14,15,16,17,18)/t8-,9-. The molecule has 1 aliphatic rings. The predicted molar refractivity (Wildman–Crippen MR) is 69.6 cm³/mol. The molecule has 0 saturated heterocycles. The molecule has 6 heteroatoms. The molecule has 0 aromatic carbocycles. The molecule has 98 valence electrons. The first-order chi connectivity index (χ1) is 8.69. The zero-order chi connectivity index (χ0) is 13.0. The highest BCUT2D eigenvalue weighted by molar-refractivity contribution is 5.91. The van der Waals surface area contributed by atoms with Crippen LogP contribution >= 0.6 is 0 Å². The topological polar surface area (TPSA) is 107 Å². The molecular weight excluding hydrogens is 230 g/mol. The van der Waals surface area contributed by atoms with Crippen molar-refractivity contribution in [2.75, 3.05) is 17.6 Å². The molecule has 1 heterocycles. The molecule has 1 amide bonds. The van der Waals surface area contributed by atoms with E-state index in [2.05, 4.69) is 15.3 Å². The van der Waals surface area contributed by atoms with Gasteiger partial charge >= 0.3 is 0 Å². The molecule has 1 fully saturated rings. The van der Waals surface area contributed by atoms with Gasteiger partial charge in [0, 0.05) is 12.0 Å². The van der Waals surface area contributed by atoms with Gasteiger partial charge in [0.15, 0.2) is 0 Å². The third kappa shape index (κ3) is 3.16. The van der Waals surface area contributed by atoms with Crippen molar-refractivity contribution in [3.63, 3.8) is 0 Å². The number of anilines is 2. The first kappa shape index (κ1) is 12.8. The van der Waals surface area contributed by atoms with Gasteiger partial charge in [0.1, 0.15) is 18.0 Å². The second-order valence-electron chi connectivity index (χ2n) is 4.77. The van der Waals surface area contributed by atoms with Crippen LogP contribution in [0.1, 0.15) is 25.7 Å². The van der Waals surface area contributed by atoms with Crippen LogP contribution in [0.3, 0.4) is 0 Å². The first-order valence-corrected chi connectivity index (χ1v) is 6.27. The Hall–Kier alpha value is -1.69.